The van der Waals surface area contributed by atoms with Crippen LogP contribution in [0.2, 0.25) is 0 Å². The van der Waals surface area contributed by atoms with Gasteiger partial charge in [0.15, 0.2) is 0 Å². The number of halogens is 3. The number of hydroxylamine groups is 2. The number of amides is 3. The third-order valence-electron chi connectivity index (χ3n) is 6.15. The number of benzene rings is 2. The van der Waals surface area contributed by atoms with E-state index in [0.717, 1.165) is 37.8 Å². The number of alkyl halides is 3. The highest BCUT2D eigenvalue weighted by Crippen LogP contribution is 2.32. The summed E-state index contributed by atoms with van der Waals surface area (Å²) in [4.78, 5) is 36.0. The zero-order chi connectivity index (χ0) is 25.4. The van der Waals surface area contributed by atoms with Crippen molar-refractivity contribution in [2.45, 2.75) is 38.3 Å². The molecule has 0 radical (unpaired) electrons. The first-order chi connectivity index (χ1) is 16.7. The molecule has 0 spiro atoms. The third kappa shape index (κ3) is 7.54. The average Bonchev–Trinajstić information content (AvgIpc) is 3.36. The fourth-order valence-electron chi connectivity index (χ4n) is 4.35. The lowest BCUT2D eigenvalue weighted by molar-refractivity contribution is -0.155. The highest BCUT2D eigenvalue weighted by molar-refractivity contribution is 5.95. The number of hydrogen-bond donors (Lipinski definition) is 3. The van der Waals surface area contributed by atoms with E-state index in [1.54, 1.807) is 12.1 Å². The van der Waals surface area contributed by atoms with E-state index < -0.39 is 29.5 Å². The summed E-state index contributed by atoms with van der Waals surface area (Å²) in [6, 6.07) is 11.0. The molecule has 0 heterocycles. The Morgan fingerprint density at radius 2 is 1.71 bits per heavy atom. The molecule has 2 aromatic carbocycles. The van der Waals surface area contributed by atoms with Gasteiger partial charge in [-0.25, -0.2) is 5.06 Å². The van der Waals surface area contributed by atoms with Gasteiger partial charge in [-0.2, -0.15) is 13.2 Å². The second-order valence-electron chi connectivity index (χ2n) is 8.69. The maximum absolute atomic E-state index is 13.0. The minimum atomic E-state index is -4.47. The molecule has 3 rings (SSSR count). The minimum Gasteiger partial charge on any atom is -0.338 e. The summed E-state index contributed by atoms with van der Waals surface area (Å²) in [6.45, 7) is -0.321. The smallest absolute Gasteiger partial charge is 0.338 e. The van der Waals surface area contributed by atoms with Gasteiger partial charge < -0.3 is 10.6 Å². The van der Waals surface area contributed by atoms with E-state index in [4.69, 9.17) is 0 Å². The number of hydrogen-bond acceptors (Lipinski definition) is 4. The van der Waals surface area contributed by atoms with Gasteiger partial charge in [-0.15, -0.1) is 0 Å². The van der Waals surface area contributed by atoms with Crippen molar-refractivity contribution in [3.63, 3.8) is 0 Å². The van der Waals surface area contributed by atoms with Gasteiger partial charge in [0.2, 0.25) is 12.3 Å². The number of carbonyl (C=O) groups excluding carboxylic acids is 3. The topological polar surface area (TPSA) is 98.7 Å². The highest BCUT2D eigenvalue weighted by atomic mass is 19.4. The van der Waals surface area contributed by atoms with E-state index in [-0.39, 0.29) is 25.2 Å². The SMILES string of the molecule is O=CN(O)C[C@@H](CC1CCCC1)C(=O)NCNC(=O)c1cccc(-c2cccc(C(F)(F)F)c2)c1. The number of nitrogens with one attached hydrogen (secondary N) is 2. The largest absolute Gasteiger partial charge is 0.416 e. The lowest BCUT2D eigenvalue weighted by Crippen LogP contribution is -2.43. The Hall–Kier alpha value is -3.40. The van der Waals surface area contributed by atoms with Crippen LogP contribution in [0.25, 0.3) is 11.1 Å². The van der Waals surface area contributed by atoms with Crippen LogP contribution in [0, 0.1) is 11.8 Å². The van der Waals surface area contributed by atoms with Crippen molar-refractivity contribution >= 4 is 18.2 Å². The molecule has 2 aromatic rings. The summed E-state index contributed by atoms with van der Waals surface area (Å²) in [5, 5.41) is 15.2. The monoisotopic (exact) mass is 491 g/mol. The molecule has 3 N–H and O–H groups in total. The van der Waals surface area contributed by atoms with Gasteiger partial charge in [0, 0.05) is 5.56 Å². The van der Waals surface area contributed by atoms with Crippen LogP contribution in [0.4, 0.5) is 13.2 Å². The van der Waals surface area contributed by atoms with Crippen molar-refractivity contribution in [3.05, 3.63) is 59.7 Å². The van der Waals surface area contributed by atoms with Gasteiger partial charge in [0.25, 0.3) is 5.91 Å². The predicted molar refractivity (Wildman–Crippen MR) is 122 cm³/mol. The predicted octanol–water partition coefficient (Wildman–Crippen LogP) is 4.22. The zero-order valence-electron chi connectivity index (χ0n) is 19.1. The molecule has 0 aliphatic heterocycles. The summed E-state index contributed by atoms with van der Waals surface area (Å²) in [7, 11) is 0. The van der Waals surface area contributed by atoms with E-state index in [0.29, 0.717) is 28.5 Å². The van der Waals surface area contributed by atoms with Crippen LogP contribution in [0.1, 0.15) is 48.0 Å². The molecule has 1 fully saturated rings. The van der Waals surface area contributed by atoms with Crippen molar-refractivity contribution in [3.8, 4) is 11.1 Å². The molecule has 0 bridgehead atoms. The molecule has 7 nitrogen and oxygen atoms in total. The number of carbonyl (C=O) groups is 3. The van der Waals surface area contributed by atoms with Crippen LogP contribution in [-0.4, -0.2) is 41.7 Å². The maximum Gasteiger partial charge on any atom is 0.416 e. The van der Waals surface area contributed by atoms with E-state index >= 15 is 0 Å². The standard InChI is InChI=1S/C25H28F3N3O4/c26-25(27,28)22-10-4-8-19(13-22)18-7-3-9-20(12-18)23(33)29-15-30-24(34)21(14-31(35)16-32)11-17-5-1-2-6-17/h3-4,7-10,12-13,16-17,21,35H,1-2,5-6,11,14-15H2,(H,29,33)(H,30,34)/t21-/m1/s1. The van der Waals surface area contributed by atoms with Crippen molar-refractivity contribution in [1.82, 2.24) is 15.7 Å². The van der Waals surface area contributed by atoms with Crippen LogP contribution < -0.4 is 10.6 Å². The summed E-state index contributed by atoms with van der Waals surface area (Å²) in [5.41, 5.74) is 0.206. The van der Waals surface area contributed by atoms with Gasteiger partial charge in [-0.1, -0.05) is 49.9 Å². The Bertz CT molecular complexity index is 1040. The minimum absolute atomic E-state index is 0.140. The van der Waals surface area contributed by atoms with Crippen LogP contribution in [0.15, 0.2) is 48.5 Å². The lowest BCUT2D eigenvalue weighted by atomic mass is 9.92. The van der Waals surface area contributed by atoms with E-state index in [1.807, 2.05) is 0 Å². The van der Waals surface area contributed by atoms with Crippen molar-refractivity contribution in [2.24, 2.45) is 11.8 Å². The first kappa shape index (κ1) is 26.2. The molecule has 0 saturated heterocycles. The summed E-state index contributed by atoms with van der Waals surface area (Å²) >= 11 is 0. The molecule has 1 aliphatic rings. The summed E-state index contributed by atoms with van der Waals surface area (Å²) in [5.74, 6) is -1.17. The number of nitrogens with zero attached hydrogens (tertiary/aromatic N) is 1. The molecule has 3 amide bonds. The molecule has 1 aliphatic carbocycles. The Morgan fingerprint density at radius 1 is 1.06 bits per heavy atom. The van der Waals surface area contributed by atoms with Gasteiger partial charge in [-0.05, 0) is 47.7 Å². The Balaban J connectivity index is 1.60. The first-order valence-electron chi connectivity index (χ1n) is 11.4. The summed E-state index contributed by atoms with van der Waals surface area (Å²) < 4.78 is 39.1. The lowest BCUT2D eigenvalue weighted by Gasteiger charge is -2.22. The first-order valence-corrected chi connectivity index (χ1v) is 11.4. The molecular formula is C25H28F3N3O4. The quantitative estimate of drug-likeness (QED) is 0.201. The Morgan fingerprint density at radius 3 is 2.37 bits per heavy atom. The highest BCUT2D eigenvalue weighted by Gasteiger charge is 2.30. The fourth-order valence-corrected chi connectivity index (χ4v) is 4.35. The van der Waals surface area contributed by atoms with Gasteiger partial charge in [0.05, 0.1) is 24.7 Å². The molecule has 10 heteroatoms. The second kappa shape index (κ2) is 11.8. The Kier molecular flexibility index (Phi) is 8.86. The van der Waals surface area contributed by atoms with E-state index in [9.17, 15) is 32.8 Å². The van der Waals surface area contributed by atoms with Crippen molar-refractivity contribution in [2.75, 3.05) is 13.2 Å². The van der Waals surface area contributed by atoms with Crippen molar-refractivity contribution in [1.29, 1.82) is 0 Å². The Labute approximate surface area is 201 Å². The second-order valence-corrected chi connectivity index (χ2v) is 8.69. The molecule has 1 saturated carbocycles. The number of rotatable bonds is 10. The van der Waals surface area contributed by atoms with Gasteiger partial charge in [0.1, 0.15) is 0 Å². The van der Waals surface area contributed by atoms with Crippen LogP contribution in [-0.2, 0) is 15.8 Å². The van der Waals surface area contributed by atoms with Gasteiger partial charge >= 0.3 is 6.18 Å². The zero-order valence-corrected chi connectivity index (χ0v) is 19.1. The molecule has 1 atom stereocenters. The normalized spacial score (nSPS) is 14.9. The van der Waals surface area contributed by atoms with Crippen LogP contribution >= 0.6 is 0 Å². The molecule has 188 valence electrons. The molecule has 35 heavy (non-hydrogen) atoms. The van der Waals surface area contributed by atoms with E-state index in [1.165, 1.54) is 24.3 Å². The average molecular weight is 492 g/mol. The van der Waals surface area contributed by atoms with Gasteiger partial charge in [-0.3, -0.25) is 19.6 Å². The molecule has 0 unspecified atom stereocenters. The molecular weight excluding hydrogens is 463 g/mol. The molecule has 0 aromatic heterocycles. The third-order valence-corrected chi connectivity index (χ3v) is 6.15. The maximum atomic E-state index is 13.0. The van der Waals surface area contributed by atoms with E-state index in [2.05, 4.69) is 10.6 Å². The van der Waals surface area contributed by atoms with Crippen LogP contribution in [0.3, 0.4) is 0 Å². The van der Waals surface area contributed by atoms with Crippen molar-refractivity contribution < 1.29 is 32.8 Å². The summed E-state index contributed by atoms with van der Waals surface area (Å²) in [6.07, 6.45) is 0.468. The van der Waals surface area contributed by atoms with Crippen LogP contribution in [0.5, 0.6) is 0 Å². The fraction of sp³-hybridized carbons (Fsp3) is 0.400.